The average molecular weight is 349 g/mol. The summed E-state index contributed by atoms with van der Waals surface area (Å²) in [5.74, 6) is 0.550. The van der Waals surface area contributed by atoms with Crippen molar-refractivity contribution >= 4 is 0 Å². The molecule has 2 aromatic carbocycles. The largest absolute Gasteiger partial charge is 0.0575 e. The second kappa shape index (κ2) is 5.98. The quantitative estimate of drug-likeness (QED) is 0.516. The maximum Gasteiger partial charge on any atom is 0.00368 e. The monoisotopic (exact) mass is 348 g/mol. The van der Waals surface area contributed by atoms with E-state index in [0.717, 1.165) is 0 Å². The minimum atomic E-state index is 0.176. The fourth-order valence-corrected chi connectivity index (χ4v) is 5.73. The lowest BCUT2D eigenvalue weighted by atomic mass is 9.68. The average Bonchev–Trinajstić information content (AvgIpc) is 2.87. The van der Waals surface area contributed by atoms with Gasteiger partial charge in [-0.3, -0.25) is 0 Å². The second-order valence-corrected chi connectivity index (χ2v) is 9.21. The van der Waals surface area contributed by atoms with Gasteiger partial charge in [0.15, 0.2) is 0 Å². The van der Waals surface area contributed by atoms with E-state index < -0.39 is 0 Å². The lowest BCUT2D eigenvalue weighted by Crippen LogP contribution is -2.29. The van der Waals surface area contributed by atoms with Gasteiger partial charge in [-0.1, -0.05) is 13.8 Å². The van der Waals surface area contributed by atoms with Gasteiger partial charge in [-0.15, -0.1) is 0 Å². The molecule has 140 valence electrons. The first-order chi connectivity index (χ1) is 11.9. The summed E-state index contributed by atoms with van der Waals surface area (Å²) >= 11 is 0. The van der Waals surface area contributed by atoms with Gasteiger partial charge in [0.2, 0.25) is 0 Å². The van der Waals surface area contributed by atoms with Crippen LogP contribution in [0.2, 0.25) is 0 Å². The van der Waals surface area contributed by atoms with Gasteiger partial charge in [0.25, 0.3) is 0 Å². The van der Waals surface area contributed by atoms with E-state index in [0.29, 0.717) is 5.92 Å². The molecule has 0 saturated heterocycles. The molecule has 0 saturated carbocycles. The van der Waals surface area contributed by atoms with Gasteiger partial charge in [-0.05, 0) is 141 Å². The van der Waals surface area contributed by atoms with Gasteiger partial charge in [0, 0.05) is 5.41 Å². The smallest absolute Gasteiger partial charge is 0.00368 e. The molecule has 0 bridgehead atoms. The van der Waals surface area contributed by atoms with Crippen LogP contribution in [0.25, 0.3) is 0 Å². The first-order valence-electron chi connectivity index (χ1n) is 10.1. The molecule has 3 rings (SSSR count). The summed E-state index contributed by atoms with van der Waals surface area (Å²) in [7, 11) is 0. The summed E-state index contributed by atoms with van der Waals surface area (Å²) in [5.41, 5.74) is 18.5. The standard InChI is InChI=1S/C26H36/c1-13-16(4)20(8)25(21(9)17(13)5)26(11)12-23-18(6)14(2)15(3)19(7)24(23)22(26)10/h22H,12H2,1-11H3. The van der Waals surface area contributed by atoms with Crippen LogP contribution >= 0.6 is 0 Å². The molecule has 0 N–H and O–H groups in total. The van der Waals surface area contributed by atoms with E-state index in [4.69, 9.17) is 0 Å². The molecule has 2 unspecified atom stereocenters. The highest BCUT2D eigenvalue weighted by Crippen LogP contribution is 2.54. The summed E-state index contributed by atoms with van der Waals surface area (Å²) in [4.78, 5) is 0. The molecule has 0 aliphatic heterocycles. The van der Waals surface area contributed by atoms with E-state index in [1.165, 1.54) is 56.5 Å². The normalized spacial score (nSPS) is 22.0. The van der Waals surface area contributed by atoms with Gasteiger partial charge < -0.3 is 0 Å². The maximum atomic E-state index is 2.52. The molecule has 0 spiro atoms. The first kappa shape index (κ1) is 19.2. The Morgan fingerprint density at radius 3 is 1.46 bits per heavy atom. The Morgan fingerprint density at radius 1 is 0.577 bits per heavy atom. The van der Waals surface area contributed by atoms with Gasteiger partial charge in [0.05, 0.1) is 0 Å². The predicted molar refractivity (Wildman–Crippen MR) is 115 cm³/mol. The number of benzene rings is 2. The molecule has 0 radical (unpaired) electrons. The summed E-state index contributed by atoms with van der Waals surface area (Å²) in [5, 5.41) is 0. The lowest BCUT2D eigenvalue weighted by molar-refractivity contribution is 0.423. The SMILES string of the molecule is Cc1c(C)c(C)c(C2(C)Cc3c(C)c(C)c(C)c(C)c3C2C)c(C)c1C. The van der Waals surface area contributed by atoms with E-state index in [1.54, 1.807) is 16.7 Å². The molecule has 1 aliphatic rings. The van der Waals surface area contributed by atoms with Crippen LogP contribution in [0.1, 0.15) is 86.5 Å². The minimum Gasteiger partial charge on any atom is -0.0575 e. The highest BCUT2D eigenvalue weighted by atomic mass is 14.5. The van der Waals surface area contributed by atoms with E-state index in [9.17, 15) is 0 Å². The Balaban J connectivity index is 2.33. The molecule has 2 aromatic rings. The Bertz CT molecular complexity index is 897. The number of fused-ring (bicyclic) bond motifs is 1. The summed E-state index contributed by atoms with van der Waals surface area (Å²) in [6, 6.07) is 0. The van der Waals surface area contributed by atoms with E-state index in [-0.39, 0.29) is 5.41 Å². The van der Waals surface area contributed by atoms with Crippen LogP contribution in [0, 0.1) is 62.3 Å². The topological polar surface area (TPSA) is 0 Å². The second-order valence-electron chi connectivity index (χ2n) is 9.21. The van der Waals surface area contributed by atoms with Crippen LogP contribution in [0.5, 0.6) is 0 Å². The summed E-state index contributed by atoms with van der Waals surface area (Å²) < 4.78 is 0. The summed E-state index contributed by atoms with van der Waals surface area (Å²) in [6.45, 7) is 25.9. The Morgan fingerprint density at radius 2 is 0.962 bits per heavy atom. The highest BCUT2D eigenvalue weighted by Gasteiger charge is 2.45. The van der Waals surface area contributed by atoms with Crippen molar-refractivity contribution < 1.29 is 0 Å². The Hall–Kier alpha value is -1.56. The van der Waals surface area contributed by atoms with Crippen molar-refractivity contribution in [1.29, 1.82) is 0 Å². The van der Waals surface area contributed by atoms with Crippen LogP contribution in [0.15, 0.2) is 0 Å². The van der Waals surface area contributed by atoms with Crippen LogP contribution in [0.4, 0.5) is 0 Å². The van der Waals surface area contributed by atoms with Crippen LogP contribution < -0.4 is 0 Å². The van der Waals surface area contributed by atoms with Crippen molar-refractivity contribution in [3.8, 4) is 0 Å². The third-order valence-corrected chi connectivity index (χ3v) is 8.37. The molecule has 1 aliphatic carbocycles. The highest BCUT2D eigenvalue weighted by molar-refractivity contribution is 5.61. The molecule has 26 heavy (non-hydrogen) atoms. The minimum absolute atomic E-state index is 0.176. The third kappa shape index (κ3) is 2.27. The Labute approximate surface area is 161 Å². The van der Waals surface area contributed by atoms with Gasteiger partial charge >= 0.3 is 0 Å². The van der Waals surface area contributed by atoms with Crippen molar-refractivity contribution in [3.05, 3.63) is 66.8 Å². The van der Waals surface area contributed by atoms with Crippen molar-refractivity contribution in [2.75, 3.05) is 0 Å². The number of rotatable bonds is 1. The molecule has 0 nitrogen and oxygen atoms in total. The Kier molecular flexibility index (Phi) is 4.42. The fourth-order valence-electron chi connectivity index (χ4n) is 5.73. The molecule has 0 heterocycles. The van der Waals surface area contributed by atoms with Crippen molar-refractivity contribution in [1.82, 2.24) is 0 Å². The van der Waals surface area contributed by atoms with E-state index in [1.807, 2.05) is 0 Å². The number of hydrogen-bond donors (Lipinski definition) is 0. The maximum absolute atomic E-state index is 2.52. The van der Waals surface area contributed by atoms with Crippen LogP contribution in [-0.4, -0.2) is 0 Å². The molecule has 2 atom stereocenters. The predicted octanol–water partition coefficient (Wildman–Crippen LogP) is 7.08. The van der Waals surface area contributed by atoms with Crippen LogP contribution in [0.3, 0.4) is 0 Å². The van der Waals surface area contributed by atoms with Crippen molar-refractivity contribution in [3.63, 3.8) is 0 Å². The van der Waals surface area contributed by atoms with Gasteiger partial charge in [-0.2, -0.15) is 0 Å². The van der Waals surface area contributed by atoms with E-state index in [2.05, 4.69) is 76.2 Å². The lowest BCUT2D eigenvalue weighted by Gasteiger charge is -2.36. The molecular weight excluding hydrogens is 312 g/mol. The third-order valence-electron chi connectivity index (χ3n) is 8.37. The van der Waals surface area contributed by atoms with E-state index >= 15 is 0 Å². The van der Waals surface area contributed by atoms with Crippen LogP contribution in [-0.2, 0) is 11.8 Å². The zero-order valence-corrected chi connectivity index (χ0v) is 18.8. The molecule has 0 heteroatoms. The summed E-state index contributed by atoms with van der Waals surface area (Å²) in [6.07, 6.45) is 1.17. The number of hydrogen-bond acceptors (Lipinski definition) is 0. The van der Waals surface area contributed by atoms with Crippen molar-refractivity contribution in [2.45, 2.75) is 93.9 Å². The fraction of sp³-hybridized carbons (Fsp3) is 0.538. The zero-order chi connectivity index (χ0) is 19.7. The van der Waals surface area contributed by atoms with Gasteiger partial charge in [-0.25, -0.2) is 0 Å². The molecular formula is C26H36. The van der Waals surface area contributed by atoms with Crippen molar-refractivity contribution in [2.24, 2.45) is 0 Å². The molecule has 0 fully saturated rings. The van der Waals surface area contributed by atoms with Gasteiger partial charge in [0.1, 0.15) is 0 Å². The first-order valence-corrected chi connectivity index (χ1v) is 10.1. The molecule has 0 aromatic heterocycles. The zero-order valence-electron chi connectivity index (χ0n) is 18.8. The molecule has 0 amide bonds.